The van der Waals surface area contributed by atoms with Gasteiger partial charge in [-0.1, -0.05) is 48.3 Å². The molecule has 1 amide bonds. The monoisotopic (exact) mass is 354 g/mol. The van der Waals surface area contributed by atoms with Gasteiger partial charge in [0.05, 0.1) is 5.02 Å². The van der Waals surface area contributed by atoms with E-state index < -0.39 is 0 Å². The maximum Gasteiger partial charge on any atom is 0.211 e. The number of halogens is 3. The Hall–Kier alpha value is -1.62. The molecule has 2 aromatic rings. The molecule has 0 heterocycles. The molecular formula is C17H17Cl2FN2O. The van der Waals surface area contributed by atoms with Gasteiger partial charge in [0, 0.05) is 23.8 Å². The lowest BCUT2D eigenvalue weighted by Crippen LogP contribution is -2.21. The van der Waals surface area contributed by atoms with Crippen molar-refractivity contribution in [2.45, 2.75) is 19.4 Å². The number of hydrogen-bond acceptors (Lipinski definition) is 2. The molecule has 0 aromatic heterocycles. The summed E-state index contributed by atoms with van der Waals surface area (Å²) in [4.78, 5) is 10.6. The summed E-state index contributed by atoms with van der Waals surface area (Å²) in [5, 5.41) is 6.55. The maximum atomic E-state index is 14.0. The van der Waals surface area contributed by atoms with E-state index in [1.54, 1.807) is 24.3 Å². The second kappa shape index (κ2) is 8.29. The molecule has 0 bridgehead atoms. The smallest absolute Gasteiger partial charge is 0.211 e. The van der Waals surface area contributed by atoms with Gasteiger partial charge in [0.1, 0.15) is 5.82 Å². The summed E-state index contributed by atoms with van der Waals surface area (Å²) in [6.07, 6.45) is 0.610. The second-order valence-corrected chi connectivity index (χ2v) is 6.08. The van der Waals surface area contributed by atoms with E-state index in [2.05, 4.69) is 10.6 Å². The first kappa shape index (κ1) is 17.7. The molecule has 2 N–H and O–H groups in total. The van der Waals surface area contributed by atoms with Gasteiger partial charge in [-0.3, -0.25) is 4.79 Å². The van der Waals surface area contributed by atoms with Gasteiger partial charge >= 0.3 is 0 Å². The Balaban J connectivity index is 1.99. The van der Waals surface area contributed by atoms with Gasteiger partial charge in [-0.25, -0.2) is 4.39 Å². The first-order valence-corrected chi connectivity index (χ1v) is 7.91. The molecule has 0 radical (unpaired) electrons. The van der Waals surface area contributed by atoms with Crippen LogP contribution in [0.25, 0.3) is 0 Å². The minimum absolute atomic E-state index is 0.0384. The molecule has 23 heavy (non-hydrogen) atoms. The third-order valence-corrected chi connectivity index (χ3v) is 4.09. The summed E-state index contributed by atoms with van der Waals surface area (Å²) < 4.78 is 14.0. The lowest BCUT2D eigenvalue weighted by atomic mass is 10.0. The van der Waals surface area contributed by atoms with Crippen molar-refractivity contribution in [3.8, 4) is 0 Å². The molecule has 0 aliphatic heterocycles. The van der Waals surface area contributed by atoms with Gasteiger partial charge in [0.15, 0.2) is 0 Å². The fourth-order valence-electron chi connectivity index (χ4n) is 2.34. The number of nitrogens with one attached hydrogen (secondary N) is 2. The lowest BCUT2D eigenvalue weighted by Gasteiger charge is -2.16. The van der Waals surface area contributed by atoms with Crippen LogP contribution in [-0.4, -0.2) is 13.0 Å². The molecule has 0 saturated carbocycles. The Labute approximate surface area is 144 Å². The number of carbonyl (C=O) groups is 1. The van der Waals surface area contributed by atoms with Crippen molar-refractivity contribution in [2.75, 3.05) is 11.9 Å². The molecular weight excluding hydrogens is 338 g/mol. The van der Waals surface area contributed by atoms with Gasteiger partial charge in [0.25, 0.3) is 0 Å². The van der Waals surface area contributed by atoms with Crippen LogP contribution in [0, 0.1) is 5.82 Å². The van der Waals surface area contributed by atoms with Crippen molar-refractivity contribution >= 4 is 35.3 Å². The van der Waals surface area contributed by atoms with Crippen LogP contribution in [0.4, 0.5) is 10.1 Å². The molecule has 2 aromatic carbocycles. The number of carbonyl (C=O) groups excluding carboxylic acids is 1. The van der Waals surface area contributed by atoms with Crippen LogP contribution >= 0.6 is 23.2 Å². The fraction of sp³-hybridized carbons (Fsp3) is 0.235. The summed E-state index contributed by atoms with van der Waals surface area (Å²) in [6, 6.07) is 10.3. The first-order valence-electron chi connectivity index (χ1n) is 7.16. The molecule has 1 atom stereocenters. The molecule has 2 rings (SSSR count). The Morgan fingerprint density at radius 1 is 1.26 bits per heavy atom. The van der Waals surface area contributed by atoms with Crippen molar-refractivity contribution in [1.82, 2.24) is 5.32 Å². The van der Waals surface area contributed by atoms with Crippen molar-refractivity contribution < 1.29 is 9.18 Å². The van der Waals surface area contributed by atoms with E-state index in [0.717, 1.165) is 5.56 Å². The van der Waals surface area contributed by atoms with Gasteiger partial charge in [-0.05, 0) is 35.2 Å². The zero-order chi connectivity index (χ0) is 16.8. The van der Waals surface area contributed by atoms with Gasteiger partial charge < -0.3 is 10.6 Å². The molecule has 0 saturated heterocycles. The van der Waals surface area contributed by atoms with Crippen LogP contribution in [0.1, 0.15) is 24.0 Å². The predicted octanol–water partition coefficient (Wildman–Crippen LogP) is 4.59. The molecule has 0 aliphatic carbocycles. The van der Waals surface area contributed by atoms with Crippen molar-refractivity contribution in [1.29, 1.82) is 0 Å². The van der Waals surface area contributed by atoms with E-state index in [1.807, 2.05) is 13.0 Å². The summed E-state index contributed by atoms with van der Waals surface area (Å²) in [5.41, 5.74) is 2.13. The SMILES string of the molecule is C[C@H](CNCc1ccc(Cl)cc1NC=O)c1cccc(Cl)c1F. The van der Waals surface area contributed by atoms with Crippen molar-refractivity contribution in [3.05, 3.63) is 63.4 Å². The minimum Gasteiger partial charge on any atom is -0.328 e. The number of hydrogen-bond donors (Lipinski definition) is 2. The van der Waals surface area contributed by atoms with Crippen LogP contribution in [0.3, 0.4) is 0 Å². The number of amides is 1. The van der Waals surface area contributed by atoms with E-state index in [0.29, 0.717) is 35.8 Å². The minimum atomic E-state index is -0.377. The highest BCUT2D eigenvalue weighted by atomic mass is 35.5. The summed E-state index contributed by atoms with van der Waals surface area (Å²) in [6.45, 7) is 3.02. The summed E-state index contributed by atoms with van der Waals surface area (Å²) >= 11 is 11.7. The normalized spacial score (nSPS) is 12.0. The molecule has 122 valence electrons. The van der Waals surface area contributed by atoms with E-state index in [4.69, 9.17) is 23.2 Å². The van der Waals surface area contributed by atoms with E-state index >= 15 is 0 Å². The Bertz CT molecular complexity index is 694. The van der Waals surface area contributed by atoms with Crippen LogP contribution < -0.4 is 10.6 Å². The van der Waals surface area contributed by atoms with E-state index in [1.165, 1.54) is 6.07 Å². The third kappa shape index (κ3) is 4.67. The van der Waals surface area contributed by atoms with Gasteiger partial charge in [-0.2, -0.15) is 0 Å². The summed E-state index contributed by atoms with van der Waals surface area (Å²) in [7, 11) is 0. The zero-order valence-electron chi connectivity index (χ0n) is 12.6. The van der Waals surface area contributed by atoms with E-state index in [-0.39, 0.29) is 16.8 Å². The highest BCUT2D eigenvalue weighted by molar-refractivity contribution is 6.31. The summed E-state index contributed by atoms with van der Waals surface area (Å²) in [5.74, 6) is -0.415. The molecule has 6 heteroatoms. The van der Waals surface area contributed by atoms with Crippen LogP contribution in [-0.2, 0) is 11.3 Å². The van der Waals surface area contributed by atoms with Crippen LogP contribution in [0.15, 0.2) is 36.4 Å². The molecule has 0 fully saturated rings. The highest BCUT2D eigenvalue weighted by Crippen LogP contribution is 2.25. The van der Waals surface area contributed by atoms with Crippen LogP contribution in [0.2, 0.25) is 10.0 Å². The Kier molecular flexibility index (Phi) is 6.39. The second-order valence-electron chi connectivity index (χ2n) is 5.24. The van der Waals surface area contributed by atoms with E-state index in [9.17, 15) is 9.18 Å². The average molecular weight is 355 g/mol. The standard InChI is InChI=1S/C17H17Cl2FN2O/c1-11(14-3-2-4-15(19)17(14)20)8-21-9-12-5-6-13(18)7-16(12)22-10-23/h2-7,10-11,21H,8-9H2,1H3,(H,22,23)/t11-/m1/s1. The topological polar surface area (TPSA) is 41.1 Å². The molecule has 0 aliphatic rings. The molecule has 0 spiro atoms. The quantitative estimate of drug-likeness (QED) is 0.713. The number of anilines is 1. The predicted molar refractivity (Wildman–Crippen MR) is 92.7 cm³/mol. The zero-order valence-corrected chi connectivity index (χ0v) is 14.1. The lowest BCUT2D eigenvalue weighted by molar-refractivity contribution is -0.105. The van der Waals surface area contributed by atoms with Crippen molar-refractivity contribution in [2.24, 2.45) is 0 Å². The average Bonchev–Trinajstić information content (AvgIpc) is 2.52. The largest absolute Gasteiger partial charge is 0.328 e. The van der Waals surface area contributed by atoms with Gasteiger partial charge in [0.2, 0.25) is 6.41 Å². The molecule has 3 nitrogen and oxygen atoms in total. The Morgan fingerprint density at radius 3 is 2.78 bits per heavy atom. The maximum absolute atomic E-state index is 14.0. The van der Waals surface area contributed by atoms with Crippen LogP contribution in [0.5, 0.6) is 0 Å². The number of rotatable bonds is 7. The van der Waals surface area contributed by atoms with Crippen molar-refractivity contribution in [3.63, 3.8) is 0 Å². The fourth-order valence-corrected chi connectivity index (χ4v) is 2.69. The first-order chi connectivity index (χ1) is 11.0. The number of benzene rings is 2. The Morgan fingerprint density at radius 2 is 2.04 bits per heavy atom. The molecule has 0 unspecified atom stereocenters. The van der Waals surface area contributed by atoms with Gasteiger partial charge in [-0.15, -0.1) is 0 Å². The third-order valence-electron chi connectivity index (χ3n) is 3.56. The highest BCUT2D eigenvalue weighted by Gasteiger charge is 2.13.